The normalized spacial score (nSPS) is 10.8. The minimum Gasteiger partial charge on any atom is -0.396 e. The molecule has 0 unspecified atom stereocenters. The van der Waals surface area contributed by atoms with E-state index in [1.165, 1.54) is 0 Å². The summed E-state index contributed by atoms with van der Waals surface area (Å²) in [6.45, 7) is 1.15. The summed E-state index contributed by atoms with van der Waals surface area (Å²) in [6.07, 6.45) is 4.68. The van der Waals surface area contributed by atoms with Gasteiger partial charge < -0.3 is 9.67 Å². The van der Waals surface area contributed by atoms with E-state index in [1.54, 1.807) is 0 Å². The van der Waals surface area contributed by atoms with Crippen LogP contribution in [0.5, 0.6) is 0 Å². The molecule has 0 saturated heterocycles. The summed E-state index contributed by atoms with van der Waals surface area (Å²) < 4.78 is 2.15. The number of carbonyl (C=O) groups excluding carboxylic acids is 1. The molecule has 16 heavy (non-hydrogen) atoms. The minimum absolute atomic E-state index is 0.245. The van der Waals surface area contributed by atoms with Gasteiger partial charge in [0.1, 0.15) is 6.29 Å². The molecular formula is C13H15NO2. The van der Waals surface area contributed by atoms with Crippen LogP contribution in [0, 0.1) is 0 Å². The van der Waals surface area contributed by atoms with Crippen molar-refractivity contribution in [3.05, 3.63) is 36.0 Å². The lowest BCUT2D eigenvalue weighted by Crippen LogP contribution is -1.97. The van der Waals surface area contributed by atoms with Gasteiger partial charge in [0.25, 0.3) is 0 Å². The molecule has 0 bridgehead atoms. The van der Waals surface area contributed by atoms with E-state index >= 15 is 0 Å². The Morgan fingerprint density at radius 3 is 2.88 bits per heavy atom. The highest BCUT2D eigenvalue weighted by molar-refractivity contribution is 5.87. The highest BCUT2D eigenvalue weighted by Gasteiger charge is 2.01. The quantitative estimate of drug-likeness (QED) is 0.616. The van der Waals surface area contributed by atoms with Crippen LogP contribution in [-0.2, 0) is 6.54 Å². The van der Waals surface area contributed by atoms with E-state index in [2.05, 4.69) is 4.57 Å². The first-order valence-corrected chi connectivity index (χ1v) is 5.50. The van der Waals surface area contributed by atoms with Crippen molar-refractivity contribution in [2.75, 3.05) is 6.61 Å². The zero-order valence-corrected chi connectivity index (χ0v) is 9.10. The van der Waals surface area contributed by atoms with E-state index in [4.69, 9.17) is 5.11 Å². The molecule has 0 aliphatic carbocycles. The zero-order chi connectivity index (χ0) is 11.4. The van der Waals surface area contributed by atoms with Gasteiger partial charge in [0, 0.05) is 35.8 Å². The smallest absolute Gasteiger partial charge is 0.150 e. The number of aryl methyl sites for hydroxylation is 1. The summed E-state index contributed by atoms with van der Waals surface area (Å²) in [5.74, 6) is 0. The Kier molecular flexibility index (Phi) is 3.37. The molecule has 84 valence electrons. The van der Waals surface area contributed by atoms with Gasteiger partial charge in [-0.25, -0.2) is 0 Å². The topological polar surface area (TPSA) is 42.2 Å². The molecule has 3 heteroatoms. The van der Waals surface area contributed by atoms with Gasteiger partial charge in [-0.1, -0.05) is 0 Å². The second-order valence-corrected chi connectivity index (χ2v) is 3.88. The molecule has 0 fully saturated rings. The molecular weight excluding hydrogens is 202 g/mol. The maximum atomic E-state index is 10.6. The van der Waals surface area contributed by atoms with Crippen molar-refractivity contribution in [1.82, 2.24) is 4.57 Å². The lowest BCUT2D eigenvalue weighted by atomic mass is 10.2. The van der Waals surface area contributed by atoms with E-state index in [1.807, 2.05) is 30.5 Å². The molecule has 1 aromatic carbocycles. The van der Waals surface area contributed by atoms with Gasteiger partial charge >= 0.3 is 0 Å². The number of fused-ring (bicyclic) bond motifs is 1. The molecule has 0 saturated carbocycles. The first kappa shape index (κ1) is 10.9. The van der Waals surface area contributed by atoms with Crippen LogP contribution in [0.3, 0.4) is 0 Å². The van der Waals surface area contributed by atoms with Crippen molar-refractivity contribution in [3.63, 3.8) is 0 Å². The van der Waals surface area contributed by atoms with Crippen molar-refractivity contribution >= 4 is 17.2 Å². The standard InChI is InChI=1S/C13H15NO2/c15-8-2-1-6-14-7-5-12-9-11(10-16)3-4-13(12)14/h3-5,7,9-10,15H,1-2,6,8H2. The lowest BCUT2D eigenvalue weighted by molar-refractivity contribution is 0.112. The summed E-state index contributed by atoms with van der Waals surface area (Å²) in [7, 11) is 0. The van der Waals surface area contributed by atoms with E-state index in [0.29, 0.717) is 5.56 Å². The number of aromatic nitrogens is 1. The SMILES string of the molecule is O=Cc1ccc2c(ccn2CCCCO)c1. The molecule has 2 aromatic rings. The molecule has 2 rings (SSSR count). The highest BCUT2D eigenvalue weighted by atomic mass is 16.2. The van der Waals surface area contributed by atoms with E-state index in [-0.39, 0.29) is 6.61 Å². The predicted octanol–water partition coefficient (Wildman–Crippen LogP) is 2.23. The third kappa shape index (κ3) is 2.14. The number of nitrogens with zero attached hydrogens (tertiary/aromatic N) is 1. The van der Waals surface area contributed by atoms with Crippen LogP contribution in [-0.4, -0.2) is 22.6 Å². The highest BCUT2D eigenvalue weighted by Crippen LogP contribution is 2.17. The number of carbonyl (C=O) groups is 1. The van der Waals surface area contributed by atoms with Gasteiger partial charge in [0.15, 0.2) is 0 Å². The van der Waals surface area contributed by atoms with Crippen LogP contribution >= 0.6 is 0 Å². The van der Waals surface area contributed by atoms with Crippen LogP contribution in [0.2, 0.25) is 0 Å². The summed E-state index contributed by atoms with van der Waals surface area (Å²) in [4.78, 5) is 10.6. The van der Waals surface area contributed by atoms with E-state index in [9.17, 15) is 4.79 Å². The fraction of sp³-hybridized carbons (Fsp3) is 0.308. The summed E-state index contributed by atoms with van der Waals surface area (Å²) in [5, 5.41) is 9.82. The molecule has 0 amide bonds. The van der Waals surface area contributed by atoms with E-state index < -0.39 is 0 Å². The van der Waals surface area contributed by atoms with Gasteiger partial charge in [-0.15, -0.1) is 0 Å². The third-order valence-corrected chi connectivity index (χ3v) is 2.74. The first-order chi connectivity index (χ1) is 7.85. The zero-order valence-electron chi connectivity index (χ0n) is 9.10. The maximum Gasteiger partial charge on any atom is 0.150 e. The van der Waals surface area contributed by atoms with Crippen molar-refractivity contribution in [2.45, 2.75) is 19.4 Å². The van der Waals surface area contributed by atoms with E-state index in [0.717, 1.165) is 36.6 Å². The molecule has 1 N–H and O–H groups in total. The molecule has 0 aliphatic heterocycles. The number of aliphatic hydroxyl groups is 1. The van der Waals surface area contributed by atoms with Crippen molar-refractivity contribution in [2.24, 2.45) is 0 Å². The molecule has 0 aliphatic rings. The molecule has 3 nitrogen and oxygen atoms in total. The largest absolute Gasteiger partial charge is 0.396 e. The maximum absolute atomic E-state index is 10.6. The number of hydrogen-bond donors (Lipinski definition) is 1. The number of hydrogen-bond acceptors (Lipinski definition) is 2. The predicted molar refractivity (Wildman–Crippen MR) is 63.6 cm³/mol. The lowest BCUT2D eigenvalue weighted by Gasteiger charge is -2.04. The Morgan fingerprint density at radius 2 is 2.12 bits per heavy atom. The average Bonchev–Trinajstić information content (AvgIpc) is 2.72. The number of rotatable bonds is 5. The first-order valence-electron chi connectivity index (χ1n) is 5.50. The number of aliphatic hydroxyl groups excluding tert-OH is 1. The molecule has 1 heterocycles. The van der Waals surface area contributed by atoms with Crippen LogP contribution in [0.4, 0.5) is 0 Å². The third-order valence-electron chi connectivity index (χ3n) is 2.74. The molecule has 0 radical (unpaired) electrons. The summed E-state index contributed by atoms with van der Waals surface area (Å²) in [5.41, 5.74) is 1.85. The molecule has 0 spiro atoms. The average molecular weight is 217 g/mol. The Balaban J connectivity index is 2.23. The van der Waals surface area contributed by atoms with Gasteiger partial charge in [-0.2, -0.15) is 0 Å². The Labute approximate surface area is 94.3 Å². The van der Waals surface area contributed by atoms with Crippen molar-refractivity contribution < 1.29 is 9.90 Å². The molecule has 1 aromatic heterocycles. The van der Waals surface area contributed by atoms with Gasteiger partial charge in [0.05, 0.1) is 0 Å². The monoisotopic (exact) mass is 217 g/mol. The second-order valence-electron chi connectivity index (χ2n) is 3.88. The fourth-order valence-electron chi connectivity index (χ4n) is 1.88. The van der Waals surface area contributed by atoms with Gasteiger partial charge in [-0.05, 0) is 37.1 Å². The number of unbranched alkanes of at least 4 members (excludes halogenated alkanes) is 1. The Morgan fingerprint density at radius 1 is 1.25 bits per heavy atom. The van der Waals surface area contributed by atoms with Gasteiger partial charge in [-0.3, -0.25) is 4.79 Å². The summed E-state index contributed by atoms with van der Waals surface area (Å²) >= 11 is 0. The van der Waals surface area contributed by atoms with Crippen LogP contribution in [0.25, 0.3) is 10.9 Å². The Hall–Kier alpha value is -1.61. The molecule has 0 atom stereocenters. The fourth-order valence-corrected chi connectivity index (χ4v) is 1.88. The van der Waals surface area contributed by atoms with Crippen LogP contribution < -0.4 is 0 Å². The van der Waals surface area contributed by atoms with Crippen LogP contribution in [0.15, 0.2) is 30.5 Å². The minimum atomic E-state index is 0.245. The van der Waals surface area contributed by atoms with Gasteiger partial charge in [0.2, 0.25) is 0 Å². The number of benzene rings is 1. The number of aldehydes is 1. The van der Waals surface area contributed by atoms with Crippen LogP contribution in [0.1, 0.15) is 23.2 Å². The summed E-state index contributed by atoms with van der Waals surface area (Å²) in [6, 6.07) is 7.71. The Bertz CT molecular complexity index is 488. The van der Waals surface area contributed by atoms with Crippen molar-refractivity contribution in [1.29, 1.82) is 0 Å². The second kappa shape index (κ2) is 4.94. The van der Waals surface area contributed by atoms with Crippen molar-refractivity contribution in [3.8, 4) is 0 Å².